The van der Waals surface area contributed by atoms with Crippen molar-refractivity contribution in [3.8, 4) is 0 Å². The maximum Gasteiger partial charge on any atom is 0.164 e. The van der Waals surface area contributed by atoms with Gasteiger partial charge in [0.15, 0.2) is 5.78 Å². The van der Waals surface area contributed by atoms with Crippen LogP contribution < -0.4 is 0 Å². The summed E-state index contributed by atoms with van der Waals surface area (Å²) in [4.78, 5) is 12.0. The number of ketones is 1. The van der Waals surface area contributed by atoms with Crippen LogP contribution in [0.4, 0.5) is 0 Å². The molecule has 2 aliphatic carbocycles. The highest BCUT2D eigenvalue weighted by Gasteiger charge is 2.34. The lowest BCUT2D eigenvalue weighted by Gasteiger charge is -2.26. The van der Waals surface area contributed by atoms with Crippen molar-refractivity contribution in [2.45, 2.75) is 58.9 Å². The number of rotatable bonds is 1. The van der Waals surface area contributed by atoms with Crippen LogP contribution in [0.1, 0.15) is 67.3 Å². The highest BCUT2D eigenvalue weighted by Crippen LogP contribution is 2.42. The molecule has 18 heavy (non-hydrogen) atoms. The second-order valence-electron chi connectivity index (χ2n) is 6.27. The third kappa shape index (κ3) is 1.65. The molecule has 0 N–H and O–H groups in total. The van der Waals surface area contributed by atoms with Gasteiger partial charge in [0, 0.05) is 29.4 Å². The first-order valence-electron chi connectivity index (χ1n) is 7.33. The van der Waals surface area contributed by atoms with Crippen molar-refractivity contribution >= 4 is 5.78 Å². The Bertz CT molecular complexity index is 486. The first-order chi connectivity index (χ1) is 8.59. The van der Waals surface area contributed by atoms with Gasteiger partial charge in [0.2, 0.25) is 0 Å². The fourth-order valence-electron chi connectivity index (χ4n) is 3.92. The molecule has 2 aliphatic rings. The minimum atomic E-state index is 0.358. The van der Waals surface area contributed by atoms with Crippen molar-refractivity contribution in [2.75, 3.05) is 0 Å². The molecule has 1 saturated carbocycles. The van der Waals surface area contributed by atoms with Crippen molar-refractivity contribution < 1.29 is 4.79 Å². The highest BCUT2D eigenvalue weighted by molar-refractivity contribution is 5.98. The number of Topliss-reactive ketones (excluding diaryl/α,β-unsaturated/α-hetero) is 1. The second kappa shape index (κ2) is 4.25. The van der Waals surface area contributed by atoms with Crippen LogP contribution in [0.15, 0.2) is 6.07 Å². The average Bonchev–Trinajstić information content (AvgIpc) is 2.83. The van der Waals surface area contributed by atoms with E-state index in [0.29, 0.717) is 11.8 Å². The third-order valence-corrected chi connectivity index (χ3v) is 5.21. The average molecular weight is 245 g/mol. The van der Waals surface area contributed by atoms with Crippen LogP contribution in [0, 0.1) is 18.8 Å². The summed E-state index contributed by atoms with van der Waals surface area (Å²) < 4.78 is 2.50. The van der Waals surface area contributed by atoms with E-state index >= 15 is 0 Å². The number of carbonyl (C=O) groups is 1. The van der Waals surface area contributed by atoms with Crippen LogP contribution in [0.3, 0.4) is 0 Å². The van der Waals surface area contributed by atoms with E-state index in [-0.39, 0.29) is 0 Å². The normalized spacial score (nSPS) is 31.7. The molecule has 0 aliphatic heterocycles. The molecule has 98 valence electrons. The standard InChI is InChI=1S/C16H23NO/c1-10-7-8-14(12(10)3)17-11(2)9-13-15(17)5-4-6-16(13)18/h9-10,12,14H,4-8H2,1-3H3. The summed E-state index contributed by atoms with van der Waals surface area (Å²) in [5.74, 6) is 1.90. The smallest absolute Gasteiger partial charge is 0.164 e. The van der Waals surface area contributed by atoms with Crippen molar-refractivity contribution in [1.82, 2.24) is 4.57 Å². The number of hydrogen-bond acceptors (Lipinski definition) is 1. The number of fused-ring (bicyclic) bond motifs is 1. The maximum atomic E-state index is 12.0. The predicted octanol–water partition coefficient (Wildman–Crippen LogP) is 3.92. The van der Waals surface area contributed by atoms with Gasteiger partial charge in [-0.2, -0.15) is 0 Å². The van der Waals surface area contributed by atoms with Crippen LogP contribution in [0.5, 0.6) is 0 Å². The molecule has 0 aromatic carbocycles. The Labute approximate surface area is 109 Å². The molecule has 1 heterocycles. The van der Waals surface area contributed by atoms with Crippen molar-refractivity contribution in [1.29, 1.82) is 0 Å². The summed E-state index contributed by atoms with van der Waals surface area (Å²) in [6, 6.07) is 2.75. The zero-order chi connectivity index (χ0) is 12.9. The number of aromatic nitrogens is 1. The Kier molecular flexibility index (Phi) is 2.84. The van der Waals surface area contributed by atoms with Gasteiger partial charge < -0.3 is 4.57 Å². The third-order valence-electron chi connectivity index (χ3n) is 5.21. The maximum absolute atomic E-state index is 12.0. The topological polar surface area (TPSA) is 22.0 Å². The van der Waals surface area contributed by atoms with E-state index in [0.717, 1.165) is 36.7 Å². The monoisotopic (exact) mass is 245 g/mol. The quantitative estimate of drug-likeness (QED) is 0.735. The minimum absolute atomic E-state index is 0.358. The van der Waals surface area contributed by atoms with Crippen LogP contribution in [0.2, 0.25) is 0 Å². The van der Waals surface area contributed by atoms with Crippen LogP contribution in [-0.4, -0.2) is 10.4 Å². The molecule has 3 unspecified atom stereocenters. The summed E-state index contributed by atoms with van der Waals surface area (Å²) >= 11 is 0. The number of hydrogen-bond donors (Lipinski definition) is 0. The van der Waals surface area contributed by atoms with Crippen LogP contribution in [0.25, 0.3) is 0 Å². The van der Waals surface area contributed by atoms with Crippen LogP contribution in [-0.2, 0) is 6.42 Å². The van der Waals surface area contributed by atoms with E-state index in [1.54, 1.807) is 0 Å². The second-order valence-corrected chi connectivity index (χ2v) is 6.27. The van der Waals surface area contributed by atoms with Crippen molar-refractivity contribution in [3.05, 3.63) is 23.0 Å². The zero-order valence-electron chi connectivity index (χ0n) is 11.7. The van der Waals surface area contributed by atoms with Gasteiger partial charge in [-0.15, -0.1) is 0 Å². The Morgan fingerprint density at radius 3 is 2.67 bits per heavy atom. The summed E-state index contributed by atoms with van der Waals surface area (Å²) in [6.07, 6.45) is 5.47. The molecular weight excluding hydrogens is 222 g/mol. The molecule has 0 saturated heterocycles. The molecule has 0 radical (unpaired) electrons. The number of carbonyl (C=O) groups excluding carboxylic acids is 1. The lowest BCUT2D eigenvalue weighted by Crippen LogP contribution is -2.20. The SMILES string of the molecule is Cc1cc2c(n1C1CCC(C)C1C)CCCC2=O. The van der Waals surface area contributed by atoms with Gasteiger partial charge in [-0.1, -0.05) is 13.8 Å². The first kappa shape index (κ1) is 12.0. The van der Waals surface area contributed by atoms with E-state index < -0.39 is 0 Å². The molecule has 1 fully saturated rings. The first-order valence-corrected chi connectivity index (χ1v) is 7.33. The van der Waals surface area contributed by atoms with E-state index in [4.69, 9.17) is 0 Å². The fraction of sp³-hybridized carbons (Fsp3) is 0.688. The van der Waals surface area contributed by atoms with Crippen molar-refractivity contribution in [2.24, 2.45) is 11.8 Å². The van der Waals surface area contributed by atoms with Gasteiger partial charge >= 0.3 is 0 Å². The summed E-state index contributed by atoms with van der Waals surface area (Å²) in [5, 5.41) is 0. The van der Waals surface area contributed by atoms with E-state index in [9.17, 15) is 4.79 Å². The largest absolute Gasteiger partial charge is 0.345 e. The molecule has 1 aromatic rings. The summed E-state index contributed by atoms with van der Waals surface area (Å²) in [5.41, 5.74) is 3.64. The van der Waals surface area contributed by atoms with Crippen LogP contribution >= 0.6 is 0 Å². The molecule has 0 amide bonds. The molecule has 2 nitrogen and oxygen atoms in total. The van der Waals surface area contributed by atoms with Gasteiger partial charge in [-0.05, 0) is 50.5 Å². The predicted molar refractivity (Wildman–Crippen MR) is 73.0 cm³/mol. The van der Waals surface area contributed by atoms with E-state index in [1.807, 2.05) is 0 Å². The van der Waals surface area contributed by atoms with E-state index in [2.05, 4.69) is 31.4 Å². The van der Waals surface area contributed by atoms with Gasteiger partial charge in [0.1, 0.15) is 0 Å². The van der Waals surface area contributed by atoms with Gasteiger partial charge in [-0.3, -0.25) is 4.79 Å². The zero-order valence-corrected chi connectivity index (χ0v) is 11.7. The molecule has 2 heteroatoms. The number of aryl methyl sites for hydroxylation is 1. The molecular formula is C16H23NO. The van der Waals surface area contributed by atoms with Gasteiger partial charge in [-0.25, -0.2) is 0 Å². The molecule has 0 bridgehead atoms. The molecule has 1 aromatic heterocycles. The lowest BCUT2D eigenvalue weighted by molar-refractivity contribution is 0.0971. The Morgan fingerprint density at radius 2 is 2.00 bits per heavy atom. The molecule has 0 spiro atoms. The minimum Gasteiger partial charge on any atom is -0.345 e. The molecule has 3 rings (SSSR count). The Morgan fingerprint density at radius 1 is 1.22 bits per heavy atom. The fourth-order valence-corrected chi connectivity index (χ4v) is 3.92. The Hall–Kier alpha value is -1.05. The van der Waals surface area contributed by atoms with Gasteiger partial charge in [0.25, 0.3) is 0 Å². The summed E-state index contributed by atoms with van der Waals surface area (Å²) in [6.45, 7) is 6.90. The number of nitrogens with zero attached hydrogens (tertiary/aromatic N) is 1. The summed E-state index contributed by atoms with van der Waals surface area (Å²) in [7, 11) is 0. The highest BCUT2D eigenvalue weighted by atomic mass is 16.1. The Balaban J connectivity index is 2.05. The molecule has 3 atom stereocenters. The lowest BCUT2D eigenvalue weighted by atomic mass is 9.94. The van der Waals surface area contributed by atoms with Crippen molar-refractivity contribution in [3.63, 3.8) is 0 Å². The van der Waals surface area contributed by atoms with E-state index in [1.165, 1.54) is 24.2 Å². The van der Waals surface area contributed by atoms with Gasteiger partial charge in [0.05, 0.1) is 0 Å².